The zero-order valence-corrected chi connectivity index (χ0v) is 13.1. The summed E-state index contributed by atoms with van der Waals surface area (Å²) in [6.07, 6.45) is 10.2. The Labute approximate surface area is 132 Å². The van der Waals surface area contributed by atoms with E-state index in [1.54, 1.807) is 4.90 Å². The molecule has 2 amide bonds. The molecule has 0 saturated heterocycles. The Morgan fingerprint density at radius 3 is 2.68 bits per heavy atom. The summed E-state index contributed by atoms with van der Waals surface area (Å²) in [4.78, 5) is 13.3. The molecule has 1 spiro atoms. The van der Waals surface area contributed by atoms with Gasteiger partial charge in [-0.25, -0.2) is 4.79 Å². The molecule has 1 aromatic carbocycles. The number of carbonyl (C=O) groups is 1. The number of anilines is 2. The summed E-state index contributed by atoms with van der Waals surface area (Å²) >= 11 is 0. The van der Waals surface area contributed by atoms with Crippen molar-refractivity contribution in [2.75, 3.05) is 16.8 Å². The number of aryl methyl sites for hydroxylation is 1. The van der Waals surface area contributed by atoms with Gasteiger partial charge in [-0.15, -0.1) is 0 Å². The predicted octanol–water partition coefficient (Wildman–Crippen LogP) is 3.65. The van der Waals surface area contributed by atoms with Crippen molar-refractivity contribution in [2.24, 2.45) is 11.1 Å². The van der Waals surface area contributed by atoms with Crippen molar-refractivity contribution in [3.8, 4) is 0 Å². The van der Waals surface area contributed by atoms with Crippen molar-refractivity contribution >= 4 is 17.4 Å². The Morgan fingerprint density at radius 2 is 2.00 bits per heavy atom. The number of urea groups is 1. The highest BCUT2D eigenvalue weighted by Gasteiger charge is 2.44. The zero-order valence-electron chi connectivity index (χ0n) is 13.1. The molecule has 118 valence electrons. The van der Waals surface area contributed by atoms with Gasteiger partial charge in [0.25, 0.3) is 0 Å². The van der Waals surface area contributed by atoms with Gasteiger partial charge >= 0.3 is 6.03 Å². The first-order valence-corrected chi connectivity index (χ1v) is 8.62. The van der Waals surface area contributed by atoms with Crippen molar-refractivity contribution < 1.29 is 4.79 Å². The van der Waals surface area contributed by atoms with Gasteiger partial charge in [-0.2, -0.15) is 0 Å². The molecule has 2 fully saturated rings. The lowest BCUT2D eigenvalue weighted by Gasteiger charge is -2.31. The number of carbonyl (C=O) groups excluding carboxylic acids is 1. The Kier molecular flexibility index (Phi) is 3.28. The van der Waals surface area contributed by atoms with Crippen LogP contribution in [-0.2, 0) is 6.42 Å². The normalized spacial score (nSPS) is 23.2. The largest absolute Gasteiger partial charge is 0.382 e. The zero-order chi connectivity index (χ0) is 15.2. The number of hydrogen-bond donors (Lipinski definition) is 2. The van der Waals surface area contributed by atoms with E-state index in [-0.39, 0.29) is 6.03 Å². The smallest absolute Gasteiger partial charge is 0.319 e. The Balaban J connectivity index is 1.48. The minimum atomic E-state index is -0.341. The molecule has 4 nitrogen and oxygen atoms in total. The monoisotopic (exact) mass is 299 g/mol. The molecule has 2 aliphatic carbocycles. The summed E-state index contributed by atoms with van der Waals surface area (Å²) in [5.74, 6) is 0. The van der Waals surface area contributed by atoms with E-state index in [0.717, 1.165) is 36.2 Å². The van der Waals surface area contributed by atoms with Crippen LogP contribution in [-0.4, -0.2) is 18.6 Å². The lowest BCUT2D eigenvalue weighted by atomic mass is 9.83. The van der Waals surface area contributed by atoms with Gasteiger partial charge in [0.2, 0.25) is 0 Å². The van der Waals surface area contributed by atoms with Crippen LogP contribution in [0, 0.1) is 5.41 Å². The molecule has 0 aromatic heterocycles. The molecule has 0 unspecified atom stereocenters. The van der Waals surface area contributed by atoms with Crippen LogP contribution in [0.5, 0.6) is 0 Å². The molecule has 1 aromatic rings. The molecular formula is C18H25N3O. The lowest BCUT2D eigenvalue weighted by Crippen LogP contribution is -2.39. The molecular weight excluding hydrogens is 274 g/mol. The number of benzene rings is 1. The molecule has 3 aliphatic rings. The topological polar surface area (TPSA) is 58.4 Å². The van der Waals surface area contributed by atoms with Crippen molar-refractivity contribution in [1.82, 2.24) is 0 Å². The summed E-state index contributed by atoms with van der Waals surface area (Å²) < 4.78 is 0. The average Bonchev–Trinajstić information content (AvgIpc) is 3.28. The van der Waals surface area contributed by atoms with Crippen LogP contribution in [0.2, 0.25) is 0 Å². The maximum Gasteiger partial charge on any atom is 0.319 e. The van der Waals surface area contributed by atoms with E-state index in [0.29, 0.717) is 6.04 Å². The Bertz CT molecular complexity index is 584. The summed E-state index contributed by atoms with van der Waals surface area (Å²) in [5, 5.41) is 3.68. The molecule has 0 atom stereocenters. The molecule has 0 radical (unpaired) electrons. The van der Waals surface area contributed by atoms with Crippen LogP contribution in [0.3, 0.4) is 0 Å². The molecule has 22 heavy (non-hydrogen) atoms. The number of primary amides is 1. The van der Waals surface area contributed by atoms with Gasteiger partial charge in [0.1, 0.15) is 0 Å². The van der Waals surface area contributed by atoms with Gasteiger partial charge in [0.15, 0.2) is 0 Å². The van der Waals surface area contributed by atoms with E-state index < -0.39 is 0 Å². The third-order valence-electron chi connectivity index (χ3n) is 5.84. The Hall–Kier alpha value is -1.71. The van der Waals surface area contributed by atoms with Gasteiger partial charge < -0.3 is 11.1 Å². The third kappa shape index (κ3) is 2.55. The second-order valence-electron chi connectivity index (χ2n) is 7.36. The fraction of sp³-hybridized carbons (Fsp3) is 0.611. The van der Waals surface area contributed by atoms with E-state index in [4.69, 9.17) is 5.73 Å². The summed E-state index contributed by atoms with van der Waals surface area (Å²) in [6, 6.07) is 6.66. The van der Waals surface area contributed by atoms with Crippen LogP contribution in [0.4, 0.5) is 16.2 Å². The summed E-state index contributed by atoms with van der Waals surface area (Å²) in [6.45, 7) is 0.734. The SMILES string of the molecule is NC(=O)N1CCCc2ccc(NC3CCC4(CC3)CC4)cc21. The van der Waals surface area contributed by atoms with Gasteiger partial charge in [0, 0.05) is 18.3 Å². The molecule has 3 N–H and O–H groups in total. The van der Waals surface area contributed by atoms with Crippen LogP contribution < -0.4 is 16.0 Å². The highest BCUT2D eigenvalue weighted by molar-refractivity contribution is 5.92. The van der Waals surface area contributed by atoms with Crippen molar-refractivity contribution in [3.63, 3.8) is 0 Å². The quantitative estimate of drug-likeness (QED) is 0.875. The second-order valence-corrected chi connectivity index (χ2v) is 7.36. The minimum absolute atomic E-state index is 0.341. The van der Waals surface area contributed by atoms with E-state index in [1.807, 2.05) is 0 Å². The third-order valence-corrected chi connectivity index (χ3v) is 5.84. The van der Waals surface area contributed by atoms with E-state index in [2.05, 4.69) is 23.5 Å². The minimum Gasteiger partial charge on any atom is -0.382 e. The number of rotatable bonds is 2. The first kappa shape index (κ1) is 13.9. The maximum absolute atomic E-state index is 11.6. The molecule has 4 heteroatoms. The molecule has 0 bridgehead atoms. The fourth-order valence-electron chi connectivity index (χ4n) is 4.18. The number of nitrogens with one attached hydrogen (secondary N) is 1. The van der Waals surface area contributed by atoms with Crippen LogP contribution in [0.1, 0.15) is 50.5 Å². The Morgan fingerprint density at radius 1 is 1.23 bits per heavy atom. The van der Waals surface area contributed by atoms with Crippen molar-refractivity contribution in [3.05, 3.63) is 23.8 Å². The highest BCUT2D eigenvalue weighted by Crippen LogP contribution is 2.56. The van der Waals surface area contributed by atoms with Crippen molar-refractivity contribution in [1.29, 1.82) is 0 Å². The number of fused-ring (bicyclic) bond motifs is 1. The fourth-order valence-corrected chi connectivity index (χ4v) is 4.18. The maximum atomic E-state index is 11.6. The van der Waals surface area contributed by atoms with E-state index in [1.165, 1.54) is 44.1 Å². The van der Waals surface area contributed by atoms with Crippen LogP contribution >= 0.6 is 0 Å². The molecule has 2 saturated carbocycles. The molecule has 4 rings (SSSR count). The number of hydrogen-bond acceptors (Lipinski definition) is 2. The van der Waals surface area contributed by atoms with E-state index in [9.17, 15) is 4.79 Å². The number of nitrogens with two attached hydrogens (primary N) is 1. The molecule has 1 aliphatic heterocycles. The number of amides is 2. The van der Waals surface area contributed by atoms with Gasteiger partial charge in [-0.05, 0) is 74.5 Å². The second kappa shape index (κ2) is 5.18. The van der Waals surface area contributed by atoms with Gasteiger partial charge in [-0.3, -0.25) is 4.90 Å². The first-order valence-electron chi connectivity index (χ1n) is 8.62. The predicted molar refractivity (Wildman–Crippen MR) is 89.2 cm³/mol. The van der Waals surface area contributed by atoms with Gasteiger partial charge in [0.05, 0.1) is 5.69 Å². The van der Waals surface area contributed by atoms with Crippen molar-refractivity contribution in [2.45, 2.75) is 57.4 Å². The summed E-state index contributed by atoms with van der Waals surface area (Å²) in [7, 11) is 0. The van der Waals surface area contributed by atoms with Crippen LogP contribution in [0.15, 0.2) is 18.2 Å². The standard InChI is InChI=1S/C18H25N3O/c19-17(22)21-11-1-2-13-3-4-15(12-16(13)21)20-14-5-7-18(8-6-14)9-10-18/h3-4,12,14,20H,1-2,5-11H2,(H2,19,22). The highest BCUT2D eigenvalue weighted by atomic mass is 16.2. The lowest BCUT2D eigenvalue weighted by molar-refractivity contribution is 0.253. The summed E-state index contributed by atoms with van der Waals surface area (Å²) in [5.41, 5.74) is 9.61. The first-order chi connectivity index (χ1) is 10.7. The van der Waals surface area contributed by atoms with Gasteiger partial charge in [-0.1, -0.05) is 6.07 Å². The molecule has 1 heterocycles. The van der Waals surface area contributed by atoms with E-state index >= 15 is 0 Å². The average molecular weight is 299 g/mol. The van der Waals surface area contributed by atoms with Crippen LogP contribution in [0.25, 0.3) is 0 Å². The number of nitrogens with zero attached hydrogens (tertiary/aromatic N) is 1.